The number of nitrogens with one attached hydrogen (secondary N) is 2. The number of carbonyl (C=O) groups excluding carboxylic acids is 1. The highest BCUT2D eigenvalue weighted by Crippen LogP contribution is 2.33. The Kier molecular flexibility index (Phi) is 3.80. The van der Waals surface area contributed by atoms with E-state index in [4.69, 9.17) is 4.42 Å². The number of amides is 1. The Morgan fingerprint density at radius 1 is 1.24 bits per heavy atom. The third-order valence-corrected chi connectivity index (χ3v) is 3.95. The summed E-state index contributed by atoms with van der Waals surface area (Å²) in [7, 11) is 0. The van der Waals surface area contributed by atoms with Crippen molar-refractivity contribution < 1.29 is 14.3 Å². The molecule has 1 aliphatic heterocycles. The molecular weight excluding hydrogens is 318 g/mol. The van der Waals surface area contributed by atoms with E-state index in [2.05, 4.69) is 15.6 Å². The van der Waals surface area contributed by atoms with Crippen LogP contribution >= 0.6 is 0 Å². The van der Waals surface area contributed by atoms with E-state index in [1.807, 2.05) is 36.4 Å². The molecule has 3 N–H and O–H groups in total. The SMILES string of the molecule is O=C1Nc2ncc(-c3ccco3)cc2/C1=C/Nc1cccc(CO)c1. The van der Waals surface area contributed by atoms with Crippen molar-refractivity contribution in [2.45, 2.75) is 6.61 Å². The largest absolute Gasteiger partial charge is 0.464 e. The van der Waals surface area contributed by atoms with Gasteiger partial charge in [0.05, 0.1) is 18.4 Å². The predicted octanol–water partition coefficient (Wildman–Crippen LogP) is 3.24. The molecular formula is C19H15N3O3. The van der Waals surface area contributed by atoms with Gasteiger partial charge < -0.3 is 20.2 Å². The van der Waals surface area contributed by atoms with Gasteiger partial charge in [0.2, 0.25) is 0 Å². The monoisotopic (exact) mass is 333 g/mol. The number of anilines is 2. The molecule has 0 radical (unpaired) electrons. The molecule has 3 aromatic rings. The molecule has 6 heteroatoms. The summed E-state index contributed by atoms with van der Waals surface area (Å²) in [6.45, 7) is -0.0359. The lowest BCUT2D eigenvalue weighted by Crippen LogP contribution is -2.05. The smallest absolute Gasteiger partial charge is 0.259 e. The van der Waals surface area contributed by atoms with Gasteiger partial charge in [-0.25, -0.2) is 4.98 Å². The number of nitrogens with zero attached hydrogens (tertiary/aromatic N) is 1. The first-order chi connectivity index (χ1) is 12.2. The van der Waals surface area contributed by atoms with Gasteiger partial charge in [-0.15, -0.1) is 0 Å². The van der Waals surface area contributed by atoms with Gasteiger partial charge in [0.25, 0.3) is 5.91 Å². The fraction of sp³-hybridized carbons (Fsp3) is 0.0526. The molecule has 0 spiro atoms. The molecule has 6 nitrogen and oxygen atoms in total. The van der Waals surface area contributed by atoms with Crippen LogP contribution in [0.1, 0.15) is 11.1 Å². The normalized spacial score (nSPS) is 14.4. The van der Waals surface area contributed by atoms with Crippen molar-refractivity contribution in [1.29, 1.82) is 0 Å². The van der Waals surface area contributed by atoms with Crippen LogP contribution in [0.2, 0.25) is 0 Å². The third-order valence-electron chi connectivity index (χ3n) is 3.95. The fourth-order valence-corrected chi connectivity index (χ4v) is 2.70. The number of hydrogen-bond acceptors (Lipinski definition) is 5. The average Bonchev–Trinajstić information content (AvgIpc) is 3.27. The Morgan fingerprint density at radius 2 is 2.16 bits per heavy atom. The second kappa shape index (κ2) is 6.26. The minimum absolute atomic E-state index is 0.0359. The molecule has 0 atom stereocenters. The lowest BCUT2D eigenvalue weighted by atomic mass is 10.1. The van der Waals surface area contributed by atoms with E-state index in [1.165, 1.54) is 0 Å². The van der Waals surface area contributed by atoms with Crippen LogP contribution in [0.15, 0.2) is 65.5 Å². The summed E-state index contributed by atoms with van der Waals surface area (Å²) in [5.41, 5.74) is 3.58. The van der Waals surface area contributed by atoms with Crippen LogP contribution in [-0.2, 0) is 11.4 Å². The quantitative estimate of drug-likeness (QED) is 0.638. The molecule has 0 fully saturated rings. The van der Waals surface area contributed by atoms with Crippen LogP contribution < -0.4 is 10.6 Å². The Morgan fingerprint density at radius 3 is 2.96 bits per heavy atom. The number of rotatable bonds is 4. The summed E-state index contributed by atoms with van der Waals surface area (Å²) in [5, 5.41) is 15.1. The molecule has 0 aliphatic carbocycles. The maximum Gasteiger partial charge on any atom is 0.259 e. The molecule has 4 rings (SSSR count). The van der Waals surface area contributed by atoms with Crippen molar-refractivity contribution in [3.8, 4) is 11.3 Å². The van der Waals surface area contributed by atoms with Crippen LogP contribution in [0.4, 0.5) is 11.5 Å². The first-order valence-electron chi connectivity index (χ1n) is 7.77. The van der Waals surface area contributed by atoms with E-state index in [9.17, 15) is 9.90 Å². The zero-order valence-corrected chi connectivity index (χ0v) is 13.2. The Balaban J connectivity index is 1.67. The fourth-order valence-electron chi connectivity index (χ4n) is 2.70. The standard InChI is InChI=1S/C19H15N3O3/c23-11-12-3-1-4-14(7-12)20-10-16-15-8-13(17-5-2-6-25-17)9-21-18(15)22-19(16)24/h1-10,20,23H,11H2,(H,21,22,24)/b16-10-. The zero-order chi connectivity index (χ0) is 17.2. The van der Waals surface area contributed by atoms with Gasteiger partial charge in [-0.1, -0.05) is 12.1 Å². The molecule has 1 aliphatic rings. The third kappa shape index (κ3) is 2.90. The molecule has 0 saturated carbocycles. The summed E-state index contributed by atoms with van der Waals surface area (Å²) in [6, 6.07) is 12.9. The number of aliphatic hydroxyl groups excluding tert-OH is 1. The van der Waals surface area contributed by atoms with Crippen LogP contribution in [0.25, 0.3) is 16.9 Å². The van der Waals surface area contributed by atoms with E-state index in [-0.39, 0.29) is 12.5 Å². The summed E-state index contributed by atoms with van der Waals surface area (Å²) in [4.78, 5) is 16.6. The Labute approximate surface area is 143 Å². The second-order valence-electron chi connectivity index (χ2n) is 5.61. The maximum absolute atomic E-state index is 12.3. The first-order valence-corrected chi connectivity index (χ1v) is 7.77. The van der Waals surface area contributed by atoms with Gasteiger partial charge in [-0.2, -0.15) is 0 Å². The second-order valence-corrected chi connectivity index (χ2v) is 5.61. The van der Waals surface area contributed by atoms with Gasteiger partial charge in [0.15, 0.2) is 0 Å². The number of pyridine rings is 1. The number of fused-ring (bicyclic) bond motifs is 1. The van der Waals surface area contributed by atoms with Gasteiger partial charge in [0.1, 0.15) is 11.6 Å². The number of aliphatic hydroxyl groups is 1. The maximum atomic E-state index is 12.3. The van der Waals surface area contributed by atoms with Crippen molar-refractivity contribution in [1.82, 2.24) is 4.98 Å². The molecule has 124 valence electrons. The summed E-state index contributed by atoms with van der Waals surface area (Å²) < 4.78 is 5.39. The highest BCUT2D eigenvalue weighted by molar-refractivity contribution is 6.31. The van der Waals surface area contributed by atoms with Crippen molar-refractivity contribution >= 4 is 23.0 Å². The predicted molar refractivity (Wildman–Crippen MR) is 94.5 cm³/mol. The van der Waals surface area contributed by atoms with Crippen molar-refractivity contribution in [3.63, 3.8) is 0 Å². The van der Waals surface area contributed by atoms with E-state index in [1.54, 1.807) is 24.7 Å². The lowest BCUT2D eigenvalue weighted by molar-refractivity contribution is -0.110. The molecule has 2 aromatic heterocycles. The van der Waals surface area contributed by atoms with E-state index in [0.29, 0.717) is 22.7 Å². The molecule has 1 aromatic carbocycles. The van der Waals surface area contributed by atoms with E-state index >= 15 is 0 Å². The summed E-state index contributed by atoms with van der Waals surface area (Å²) >= 11 is 0. The number of hydrogen-bond donors (Lipinski definition) is 3. The topological polar surface area (TPSA) is 87.4 Å². The lowest BCUT2D eigenvalue weighted by Gasteiger charge is -2.05. The summed E-state index contributed by atoms with van der Waals surface area (Å²) in [6.07, 6.45) is 4.91. The van der Waals surface area contributed by atoms with Gasteiger partial charge in [0, 0.05) is 29.2 Å². The van der Waals surface area contributed by atoms with Crippen molar-refractivity contribution in [2.24, 2.45) is 0 Å². The molecule has 3 heterocycles. The van der Waals surface area contributed by atoms with Crippen LogP contribution in [0, 0.1) is 0 Å². The van der Waals surface area contributed by atoms with E-state index < -0.39 is 0 Å². The van der Waals surface area contributed by atoms with Gasteiger partial charge in [-0.3, -0.25) is 4.79 Å². The number of aromatic nitrogens is 1. The van der Waals surface area contributed by atoms with Gasteiger partial charge >= 0.3 is 0 Å². The van der Waals surface area contributed by atoms with Crippen LogP contribution in [0.5, 0.6) is 0 Å². The molecule has 0 saturated heterocycles. The van der Waals surface area contributed by atoms with Gasteiger partial charge in [-0.05, 0) is 35.9 Å². The minimum Gasteiger partial charge on any atom is -0.464 e. The number of furan rings is 1. The number of benzene rings is 1. The van der Waals surface area contributed by atoms with Crippen molar-refractivity contribution in [2.75, 3.05) is 10.6 Å². The first kappa shape index (κ1) is 15.2. The molecule has 0 unspecified atom stereocenters. The molecule has 25 heavy (non-hydrogen) atoms. The summed E-state index contributed by atoms with van der Waals surface area (Å²) in [5.74, 6) is 1.000. The zero-order valence-electron chi connectivity index (χ0n) is 13.2. The Bertz CT molecular complexity index is 962. The highest BCUT2D eigenvalue weighted by atomic mass is 16.3. The van der Waals surface area contributed by atoms with E-state index in [0.717, 1.165) is 16.8 Å². The minimum atomic E-state index is -0.218. The van der Waals surface area contributed by atoms with Crippen molar-refractivity contribution in [3.05, 3.63) is 72.3 Å². The highest BCUT2D eigenvalue weighted by Gasteiger charge is 2.26. The Hall–Kier alpha value is -3.38. The average molecular weight is 333 g/mol. The molecule has 0 bridgehead atoms. The van der Waals surface area contributed by atoms with Crippen LogP contribution in [-0.4, -0.2) is 16.0 Å². The number of carbonyl (C=O) groups is 1. The van der Waals surface area contributed by atoms with Crippen LogP contribution in [0.3, 0.4) is 0 Å². The molecule has 1 amide bonds.